The Labute approximate surface area is 353 Å². The van der Waals surface area contributed by atoms with Gasteiger partial charge in [0.2, 0.25) is 0 Å². The molecule has 0 aliphatic rings. The second-order valence-corrected chi connectivity index (χ2v) is 19.1. The molecule has 59 heavy (non-hydrogen) atoms. The first kappa shape index (κ1) is 39.6. The SMILES string of the molecule is CC(C)(C)c1ccc(N(c2ccccc2-c2ccc(-c3ccccc3)cc2)c2ccccc2-c2cccc3cccc(-c4cc(C(C)(C)C)cc(C(C)(C)C)c4)c23)cc1. The molecule has 0 aliphatic heterocycles. The Hall–Kier alpha value is -6.18. The highest BCUT2D eigenvalue weighted by molar-refractivity contribution is 6.09. The van der Waals surface area contributed by atoms with Crippen LogP contribution in [-0.2, 0) is 16.2 Å². The average molecular weight is 768 g/mol. The summed E-state index contributed by atoms with van der Waals surface area (Å²) < 4.78 is 0. The van der Waals surface area contributed by atoms with Gasteiger partial charge in [-0.15, -0.1) is 0 Å². The normalized spacial score (nSPS) is 12.2. The summed E-state index contributed by atoms with van der Waals surface area (Å²) in [6.07, 6.45) is 0. The summed E-state index contributed by atoms with van der Waals surface area (Å²) in [7, 11) is 0. The lowest BCUT2D eigenvalue weighted by molar-refractivity contribution is 0.569. The maximum Gasteiger partial charge on any atom is 0.0540 e. The van der Waals surface area contributed by atoms with Crippen molar-refractivity contribution in [3.8, 4) is 44.5 Å². The van der Waals surface area contributed by atoms with Crippen molar-refractivity contribution in [1.82, 2.24) is 0 Å². The van der Waals surface area contributed by atoms with Gasteiger partial charge in [0.05, 0.1) is 11.4 Å². The van der Waals surface area contributed by atoms with E-state index in [0.29, 0.717) is 0 Å². The molecule has 0 heterocycles. The second-order valence-electron chi connectivity index (χ2n) is 19.1. The van der Waals surface area contributed by atoms with E-state index in [2.05, 4.69) is 249 Å². The molecule has 0 radical (unpaired) electrons. The Morgan fingerprint density at radius 3 is 1.34 bits per heavy atom. The molecule has 0 unspecified atom stereocenters. The molecule has 8 aromatic rings. The van der Waals surface area contributed by atoms with Crippen molar-refractivity contribution in [2.75, 3.05) is 4.90 Å². The minimum absolute atomic E-state index is 0.00826. The van der Waals surface area contributed by atoms with Crippen LogP contribution in [-0.4, -0.2) is 0 Å². The lowest BCUT2D eigenvalue weighted by atomic mass is 9.78. The molecule has 0 amide bonds. The van der Waals surface area contributed by atoms with Crippen LogP contribution in [0.1, 0.15) is 79.0 Å². The van der Waals surface area contributed by atoms with Gasteiger partial charge in [0, 0.05) is 16.8 Å². The number of fused-ring (bicyclic) bond motifs is 1. The van der Waals surface area contributed by atoms with Crippen LogP contribution in [0, 0.1) is 0 Å². The van der Waals surface area contributed by atoms with E-state index in [0.717, 1.165) is 17.1 Å². The van der Waals surface area contributed by atoms with Crippen LogP contribution in [0.25, 0.3) is 55.3 Å². The second kappa shape index (κ2) is 15.5. The molecular formula is C58H57N. The third-order valence-corrected chi connectivity index (χ3v) is 11.8. The first-order chi connectivity index (χ1) is 28.2. The Morgan fingerprint density at radius 2 is 0.763 bits per heavy atom. The van der Waals surface area contributed by atoms with E-state index in [1.54, 1.807) is 0 Å². The van der Waals surface area contributed by atoms with Gasteiger partial charge >= 0.3 is 0 Å². The van der Waals surface area contributed by atoms with Crippen LogP contribution in [0.4, 0.5) is 17.1 Å². The predicted octanol–water partition coefficient (Wildman–Crippen LogP) is 16.9. The fourth-order valence-corrected chi connectivity index (χ4v) is 8.26. The fourth-order valence-electron chi connectivity index (χ4n) is 8.26. The molecule has 0 aromatic heterocycles. The van der Waals surface area contributed by atoms with Crippen molar-refractivity contribution < 1.29 is 0 Å². The van der Waals surface area contributed by atoms with Crippen molar-refractivity contribution in [3.63, 3.8) is 0 Å². The van der Waals surface area contributed by atoms with Gasteiger partial charge in [-0.3, -0.25) is 0 Å². The van der Waals surface area contributed by atoms with Gasteiger partial charge in [0.25, 0.3) is 0 Å². The predicted molar refractivity (Wildman–Crippen MR) is 256 cm³/mol. The molecule has 0 N–H and O–H groups in total. The summed E-state index contributed by atoms with van der Waals surface area (Å²) in [5.41, 5.74) is 17.1. The highest BCUT2D eigenvalue weighted by Crippen LogP contribution is 2.48. The maximum atomic E-state index is 2.47. The molecular weight excluding hydrogens is 711 g/mol. The third-order valence-electron chi connectivity index (χ3n) is 11.8. The number of anilines is 3. The van der Waals surface area contributed by atoms with E-state index in [9.17, 15) is 0 Å². The molecule has 0 spiro atoms. The van der Waals surface area contributed by atoms with Crippen molar-refractivity contribution in [1.29, 1.82) is 0 Å². The van der Waals surface area contributed by atoms with Gasteiger partial charge in [-0.25, -0.2) is 0 Å². The Morgan fingerprint density at radius 1 is 0.305 bits per heavy atom. The number of benzene rings is 8. The summed E-state index contributed by atoms with van der Waals surface area (Å²) in [6, 6.07) is 67.5. The number of hydrogen-bond acceptors (Lipinski definition) is 1. The summed E-state index contributed by atoms with van der Waals surface area (Å²) in [5, 5.41) is 2.49. The zero-order valence-electron chi connectivity index (χ0n) is 36.3. The molecule has 1 heteroatoms. The zero-order valence-corrected chi connectivity index (χ0v) is 36.3. The molecule has 0 fully saturated rings. The van der Waals surface area contributed by atoms with Gasteiger partial charge in [-0.05, 0) is 101 Å². The Kier molecular flexibility index (Phi) is 10.4. The third kappa shape index (κ3) is 8.12. The molecule has 0 bridgehead atoms. The highest BCUT2D eigenvalue weighted by Gasteiger charge is 2.25. The Balaban J connectivity index is 1.36. The summed E-state index contributed by atoms with van der Waals surface area (Å²) in [6.45, 7) is 20.8. The van der Waals surface area contributed by atoms with E-state index in [1.807, 2.05) is 0 Å². The van der Waals surface area contributed by atoms with E-state index >= 15 is 0 Å². The number of rotatable bonds is 7. The van der Waals surface area contributed by atoms with E-state index in [4.69, 9.17) is 0 Å². The van der Waals surface area contributed by atoms with Crippen LogP contribution < -0.4 is 4.90 Å². The minimum Gasteiger partial charge on any atom is -0.309 e. The number of para-hydroxylation sites is 2. The van der Waals surface area contributed by atoms with E-state index in [-0.39, 0.29) is 16.2 Å². The number of nitrogens with zero attached hydrogens (tertiary/aromatic N) is 1. The van der Waals surface area contributed by atoms with Crippen LogP contribution in [0.2, 0.25) is 0 Å². The first-order valence-corrected chi connectivity index (χ1v) is 21.1. The standard InChI is InChI=1S/C58H57N/c1-56(2,3)45-33-35-48(36-34-45)59(53-27-15-13-23-49(53)42-31-29-41(30-32-42)40-19-11-10-12-20-40)54-28-16-14-24-51(54)52-26-18-22-43-21-17-25-50(55(43)52)44-37-46(57(4,5)6)39-47(38-44)58(7,8)9/h10-39H,1-9H3. The lowest BCUT2D eigenvalue weighted by Crippen LogP contribution is -2.16. The Bertz CT molecular complexity index is 2690. The lowest BCUT2D eigenvalue weighted by Gasteiger charge is -2.31. The first-order valence-electron chi connectivity index (χ1n) is 21.1. The van der Waals surface area contributed by atoms with E-state index < -0.39 is 0 Å². The fraction of sp³-hybridized carbons (Fsp3) is 0.207. The smallest absolute Gasteiger partial charge is 0.0540 e. The summed E-state index contributed by atoms with van der Waals surface area (Å²) >= 11 is 0. The van der Waals surface area contributed by atoms with Gasteiger partial charge in [-0.2, -0.15) is 0 Å². The molecule has 8 rings (SSSR count). The topological polar surface area (TPSA) is 3.24 Å². The molecule has 0 atom stereocenters. The average Bonchev–Trinajstić information content (AvgIpc) is 3.23. The summed E-state index contributed by atoms with van der Waals surface area (Å²) in [4.78, 5) is 2.47. The van der Waals surface area contributed by atoms with Crippen LogP contribution >= 0.6 is 0 Å². The van der Waals surface area contributed by atoms with Gasteiger partial charge in [-0.1, -0.05) is 220 Å². The van der Waals surface area contributed by atoms with Crippen molar-refractivity contribution in [3.05, 3.63) is 199 Å². The molecule has 8 aromatic carbocycles. The molecule has 294 valence electrons. The van der Waals surface area contributed by atoms with Crippen LogP contribution in [0.5, 0.6) is 0 Å². The van der Waals surface area contributed by atoms with Gasteiger partial charge < -0.3 is 4.90 Å². The molecule has 1 nitrogen and oxygen atoms in total. The molecule has 0 saturated heterocycles. The van der Waals surface area contributed by atoms with Crippen molar-refractivity contribution >= 4 is 27.8 Å². The van der Waals surface area contributed by atoms with Gasteiger partial charge in [0.15, 0.2) is 0 Å². The quantitative estimate of drug-likeness (QED) is 0.156. The molecule has 0 saturated carbocycles. The zero-order chi connectivity index (χ0) is 41.5. The minimum atomic E-state index is 0.00826. The van der Waals surface area contributed by atoms with Crippen LogP contribution in [0.15, 0.2) is 182 Å². The maximum absolute atomic E-state index is 2.47. The summed E-state index contributed by atoms with van der Waals surface area (Å²) in [5.74, 6) is 0. The van der Waals surface area contributed by atoms with Crippen LogP contribution in [0.3, 0.4) is 0 Å². The van der Waals surface area contributed by atoms with Crippen molar-refractivity contribution in [2.24, 2.45) is 0 Å². The highest BCUT2D eigenvalue weighted by atomic mass is 15.1. The largest absolute Gasteiger partial charge is 0.309 e. The number of hydrogen-bond donors (Lipinski definition) is 0. The van der Waals surface area contributed by atoms with E-state index in [1.165, 1.54) is 72.0 Å². The molecule has 0 aliphatic carbocycles. The van der Waals surface area contributed by atoms with Crippen molar-refractivity contribution in [2.45, 2.75) is 78.6 Å². The van der Waals surface area contributed by atoms with Gasteiger partial charge in [0.1, 0.15) is 0 Å². The monoisotopic (exact) mass is 767 g/mol.